The molecule has 3 rings (SSSR count). The predicted octanol–water partition coefficient (Wildman–Crippen LogP) is 1.61. The number of carbonyl (C=O) groups excluding carboxylic acids is 4. The van der Waals surface area contributed by atoms with Gasteiger partial charge in [0.15, 0.2) is 11.9 Å². The van der Waals surface area contributed by atoms with Gasteiger partial charge in [-0.05, 0) is 25.0 Å². The molecule has 29 heavy (non-hydrogen) atoms. The van der Waals surface area contributed by atoms with Crippen LogP contribution < -0.4 is 10.6 Å². The van der Waals surface area contributed by atoms with E-state index in [2.05, 4.69) is 15.8 Å². The molecule has 1 aromatic heterocycles. The summed E-state index contributed by atoms with van der Waals surface area (Å²) >= 11 is 0. The summed E-state index contributed by atoms with van der Waals surface area (Å²) in [5.74, 6) is -0.903. The average molecular weight is 400 g/mol. The minimum Gasteiger partial charge on any atom is -0.449 e. The molecule has 0 aliphatic carbocycles. The lowest BCUT2D eigenvalue weighted by Gasteiger charge is -2.18. The number of aromatic nitrogens is 1. The van der Waals surface area contributed by atoms with Gasteiger partial charge in [0, 0.05) is 6.07 Å². The van der Waals surface area contributed by atoms with Gasteiger partial charge in [0.05, 0.1) is 18.7 Å². The summed E-state index contributed by atoms with van der Waals surface area (Å²) in [6, 6.07) is 7.47. The Hall–Kier alpha value is -3.69. The van der Waals surface area contributed by atoms with E-state index in [1.807, 2.05) is 0 Å². The van der Waals surface area contributed by atoms with Crippen molar-refractivity contribution < 1.29 is 28.4 Å². The van der Waals surface area contributed by atoms with Gasteiger partial charge in [-0.15, -0.1) is 0 Å². The third-order valence-electron chi connectivity index (χ3n) is 4.29. The van der Waals surface area contributed by atoms with Crippen LogP contribution in [0.15, 0.2) is 34.9 Å². The van der Waals surface area contributed by atoms with Crippen molar-refractivity contribution in [3.8, 4) is 0 Å². The number of hydrogen-bond donors (Lipinski definition) is 2. The first-order valence-corrected chi connectivity index (χ1v) is 9.00. The standard InChI is InChI=1S/C19H20N4O6/c1-3-14(17(25)21-15-8-11(2)29-22-15)28-18(26)13-7-5-4-6-12(13)10-23-16(24)9-20-19(23)27/h4-8,14H,3,9-10H2,1-2H3,(H,20,27)(H,21,22,25). The molecule has 4 amide bonds. The summed E-state index contributed by atoms with van der Waals surface area (Å²) in [5, 5.41) is 8.63. The number of esters is 1. The van der Waals surface area contributed by atoms with Gasteiger partial charge in [0.2, 0.25) is 5.91 Å². The second-order valence-corrected chi connectivity index (χ2v) is 6.41. The van der Waals surface area contributed by atoms with Crippen molar-refractivity contribution in [1.29, 1.82) is 0 Å². The number of nitrogens with zero attached hydrogens (tertiary/aromatic N) is 2. The summed E-state index contributed by atoms with van der Waals surface area (Å²) < 4.78 is 10.3. The first kappa shape index (κ1) is 20.1. The molecule has 0 bridgehead atoms. The number of rotatable bonds is 7. The van der Waals surface area contributed by atoms with Crippen LogP contribution >= 0.6 is 0 Å². The summed E-state index contributed by atoms with van der Waals surface area (Å²) in [7, 11) is 0. The number of imide groups is 1. The minimum atomic E-state index is -1.05. The summed E-state index contributed by atoms with van der Waals surface area (Å²) in [6.45, 7) is 3.23. The van der Waals surface area contributed by atoms with Gasteiger partial charge in [-0.3, -0.25) is 14.5 Å². The second kappa shape index (κ2) is 8.55. The lowest BCUT2D eigenvalue weighted by molar-refractivity contribution is -0.125. The van der Waals surface area contributed by atoms with Crippen LogP contribution in [-0.4, -0.2) is 46.5 Å². The van der Waals surface area contributed by atoms with Gasteiger partial charge >= 0.3 is 12.0 Å². The number of amides is 4. The molecule has 1 unspecified atom stereocenters. The van der Waals surface area contributed by atoms with Crippen molar-refractivity contribution >= 4 is 29.6 Å². The number of anilines is 1. The van der Waals surface area contributed by atoms with E-state index in [1.54, 1.807) is 38.1 Å². The molecule has 1 atom stereocenters. The Morgan fingerprint density at radius 1 is 1.34 bits per heavy atom. The van der Waals surface area contributed by atoms with E-state index in [0.29, 0.717) is 11.3 Å². The highest BCUT2D eigenvalue weighted by Crippen LogP contribution is 2.17. The molecule has 2 N–H and O–H groups in total. The topological polar surface area (TPSA) is 131 Å². The fraction of sp³-hybridized carbons (Fsp3) is 0.316. The van der Waals surface area contributed by atoms with Crippen LogP contribution in [-0.2, 0) is 20.9 Å². The monoisotopic (exact) mass is 400 g/mol. The van der Waals surface area contributed by atoms with Crippen LogP contribution in [0.5, 0.6) is 0 Å². The fourth-order valence-electron chi connectivity index (χ4n) is 2.79. The molecule has 10 nitrogen and oxygen atoms in total. The Kier molecular flexibility index (Phi) is 5.91. The third-order valence-corrected chi connectivity index (χ3v) is 4.29. The average Bonchev–Trinajstić information content (AvgIpc) is 3.25. The summed E-state index contributed by atoms with van der Waals surface area (Å²) in [5.41, 5.74) is 0.605. The minimum absolute atomic E-state index is 0.0723. The van der Waals surface area contributed by atoms with Crippen LogP contribution in [0.25, 0.3) is 0 Å². The van der Waals surface area contributed by atoms with Crippen molar-refractivity contribution in [3.63, 3.8) is 0 Å². The molecule has 2 heterocycles. The Bertz CT molecular complexity index is 938. The molecular weight excluding hydrogens is 380 g/mol. The maximum Gasteiger partial charge on any atom is 0.339 e. The highest BCUT2D eigenvalue weighted by atomic mass is 16.5. The van der Waals surface area contributed by atoms with Crippen LogP contribution in [0.3, 0.4) is 0 Å². The molecule has 1 aromatic carbocycles. The molecule has 0 saturated carbocycles. The number of aryl methyl sites for hydroxylation is 1. The number of nitrogens with one attached hydrogen (secondary N) is 2. The second-order valence-electron chi connectivity index (χ2n) is 6.41. The van der Waals surface area contributed by atoms with E-state index in [9.17, 15) is 19.2 Å². The number of benzene rings is 1. The highest BCUT2D eigenvalue weighted by Gasteiger charge is 2.30. The number of ether oxygens (including phenoxy) is 1. The SMILES string of the molecule is CCC(OC(=O)c1ccccc1CN1C(=O)CNC1=O)C(=O)Nc1cc(C)on1. The zero-order valence-electron chi connectivity index (χ0n) is 15.9. The zero-order valence-corrected chi connectivity index (χ0v) is 15.9. The number of carbonyl (C=O) groups is 4. The number of urea groups is 1. The van der Waals surface area contributed by atoms with Crippen molar-refractivity contribution in [1.82, 2.24) is 15.4 Å². The number of hydrogen-bond acceptors (Lipinski definition) is 7. The molecule has 10 heteroatoms. The molecule has 152 valence electrons. The van der Waals surface area contributed by atoms with E-state index in [0.717, 1.165) is 4.90 Å². The van der Waals surface area contributed by atoms with E-state index >= 15 is 0 Å². The quantitative estimate of drug-likeness (QED) is 0.533. The maximum absolute atomic E-state index is 12.7. The molecular formula is C19H20N4O6. The maximum atomic E-state index is 12.7. The molecule has 0 radical (unpaired) electrons. The lowest BCUT2D eigenvalue weighted by atomic mass is 10.1. The van der Waals surface area contributed by atoms with Crippen molar-refractivity contribution in [2.45, 2.75) is 32.9 Å². The van der Waals surface area contributed by atoms with Crippen LogP contribution in [0.2, 0.25) is 0 Å². The molecule has 0 spiro atoms. The van der Waals surface area contributed by atoms with Crippen molar-refractivity contribution in [2.75, 3.05) is 11.9 Å². The van der Waals surface area contributed by atoms with Crippen molar-refractivity contribution in [2.24, 2.45) is 0 Å². The van der Waals surface area contributed by atoms with Crippen LogP contribution in [0, 0.1) is 6.92 Å². The van der Waals surface area contributed by atoms with E-state index in [1.165, 1.54) is 6.07 Å². The van der Waals surface area contributed by atoms with E-state index in [-0.39, 0.29) is 36.8 Å². The van der Waals surface area contributed by atoms with Crippen LogP contribution in [0.1, 0.15) is 35.0 Å². The summed E-state index contributed by atoms with van der Waals surface area (Å²) in [4.78, 5) is 49.7. The Morgan fingerprint density at radius 2 is 2.10 bits per heavy atom. The highest BCUT2D eigenvalue weighted by molar-refractivity contribution is 6.02. The van der Waals surface area contributed by atoms with Gasteiger partial charge in [0.1, 0.15) is 5.76 Å². The van der Waals surface area contributed by atoms with Gasteiger partial charge in [-0.1, -0.05) is 30.3 Å². The van der Waals surface area contributed by atoms with E-state index in [4.69, 9.17) is 9.26 Å². The lowest BCUT2D eigenvalue weighted by Crippen LogP contribution is -2.33. The molecule has 1 fully saturated rings. The van der Waals surface area contributed by atoms with E-state index < -0.39 is 24.0 Å². The zero-order chi connectivity index (χ0) is 21.0. The molecule has 2 aromatic rings. The fourth-order valence-corrected chi connectivity index (χ4v) is 2.79. The predicted molar refractivity (Wildman–Crippen MR) is 99.8 cm³/mol. The third kappa shape index (κ3) is 4.60. The molecule has 1 saturated heterocycles. The molecule has 1 aliphatic rings. The van der Waals surface area contributed by atoms with Gasteiger partial charge in [0.25, 0.3) is 5.91 Å². The molecule has 1 aliphatic heterocycles. The Morgan fingerprint density at radius 3 is 2.72 bits per heavy atom. The Labute approximate surface area is 166 Å². The van der Waals surface area contributed by atoms with Crippen LogP contribution in [0.4, 0.5) is 10.6 Å². The Balaban J connectivity index is 1.71. The largest absolute Gasteiger partial charge is 0.449 e. The first-order valence-electron chi connectivity index (χ1n) is 9.00. The summed E-state index contributed by atoms with van der Waals surface area (Å²) in [6.07, 6.45) is -0.812. The smallest absolute Gasteiger partial charge is 0.339 e. The first-order chi connectivity index (χ1) is 13.9. The van der Waals surface area contributed by atoms with Crippen molar-refractivity contribution in [3.05, 3.63) is 47.2 Å². The normalized spacial score (nSPS) is 14.5. The van der Waals surface area contributed by atoms with Gasteiger partial charge < -0.3 is 19.9 Å². The van der Waals surface area contributed by atoms with Gasteiger partial charge in [-0.2, -0.15) is 0 Å². The van der Waals surface area contributed by atoms with Gasteiger partial charge in [-0.25, -0.2) is 9.59 Å².